The lowest BCUT2D eigenvalue weighted by Gasteiger charge is -2.15. The summed E-state index contributed by atoms with van der Waals surface area (Å²) in [5.41, 5.74) is 3.22. The second-order valence-electron chi connectivity index (χ2n) is 8.67. The molecule has 0 N–H and O–H groups in total. The first-order valence-corrected chi connectivity index (χ1v) is 12.2. The van der Waals surface area contributed by atoms with Crippen LogP contribution >= 0.6 is 11.3 Å². The summed E-state index contributed by atoms with van der Waals surface area (Å²) in [6, 6.07) is 22.1. The van der Waals surface area contributed by atoms with Crippen LogP contribution in [0.25, 0.3) is 70.3 Å². The van der Waals surface area contributed by atoms with E-state index in [-0.39, 0.29) is 0 Å². The van der Waals surface area contributed by atoms with E-state index in [1.165, 1.54) is 58.2 Å². The van der Waals surface area contributed by atoms with Gasteiger partial charge in [-0.1, -0.05) is 67.3 Å². The van der Waals surface area contributed by atoms with Crippen LogP contribution in [0.4, 0.5) is 0 Å². The molecule has 0 amide bonds. The monoisotopic (exact) mass is 452 g/mol. The molecule has 0 atom stereocenters. The van der Waals surface area contributed by atoms with Gasteiger partial charge in [0.2, 0.25) is 0 Å². The summed E-state index contributed by atoms with van der Waals surface area (Å²) in [7, 11) is 0. The molecule has 0 spiro atoms. The van der Waals surface area contributed by atoms with Gasteiger partial charge in [0.15, 0.2) is 0 Å². The zero-order valence-corrected chi connectivity index (χ0v) is 19.5. The molecule has 0 saturated carbocycles. The number of nitrogens with zero attached hydrogens (tertiary/aromatic N) is 2. The molecule has 0 unspecified atom stereocenters. The van der Waals surface area contributed by atoms with Gasteiger partial charge in [-0.2, -0.15) is 0 Å². The topological polar surface area (TPSA) is 25.8 Å². The van der Waals surface area contributed by atoms with Crippen LogP contribution in [0.2, 0.25) is 0 Å². The average Bonchev–Trinajstić information content (AvgIpc) is 3.20. The van der Waals surface area contributed by atoms with E-state index >= 15 is 0 Å². The molecule has 0 fully saturated rings. The molecule has 7 rings (SSSR count). The minimum Gasteiger partial charge on any atom is -0.252 e. The van der Waals surface area contributed by atoms with E-state index in [0.717, 1.165) is 16.4 Å². The number of allylic oxidation sites excluding steroid dienone is 2. The van der Waals surface area contributed by atoms with Crippen LogP contribution in [0.15, 0.2) is 91.8 Å². The number of benzene rings is 5. The maximum Gasteiger partial charge on any atom is 0.0978 e. The highest BCUT2D eigenvalue weighted by atomic mass is 32.1. The summed E-state index contributed by atoms with van der Waals surface area (Å²) >= 11 is 1.83. The van der Waals surface area contributed by atoms with Crippen LogP contribution in [0.1, 0.15) is 10.4 Å². The fraction of sp³-hybridized carbons (Fsp3) is 0.0323. The van der Waals surface area contributed by atoms with Gasteiger partial charge in [0, 0.05) is 38.1 Å². The Balaban J connectivity index is 1.82. The maximum atomic E-state index is 4.88. The van der Waals surface area contributed by atoms with Gasteiger partial charge in [0.1, 0.15) is 0 Å². The highest BCUT2D eigenvalue weighted by Crippen LogP contribution is 2.45. The van der Waals surface area contributed by atoms with Gasteiger partial charge >= 0.3 is 0 Å². The molecule has 2 nitrogen and oxygen atoms in total. The zero-order valence-electron chi connectivity index (χ0n) is 18.7. The number of hydrogen-bond acceptors (Lipinski definition) is 3. The van der Waals surface area contributed by atoms with E-state index in [0.29, 0.717) is 0 Å². The summed E-state index contributed by atoms with van der Waals surface area (Å²) in [6.45, 7) is 6.03. The van der Waals surface area contributed by atoms with Crippen LogP contribution in [0.5, 0.6) is 0 Å². The minimum atomic E-state index is 0.959. The van der Waals surface area contributed by atoms with Gasteiger partial charge in [0.25, 0.3) is 0 Å². The van der Waals surface area contributed by atoms with Gasteiger partial charge in [-0.15, -0.1) is 11.3 Å². The maximum absolute atomic E-state index is 4.88. The third-order valence-electron chi connectivity index (χ3n) is 6.89. The van der Waals surface area contributed by atoms with E-state index in [9.17, 15) is 0 Å². The Hall–Kier alpha value is -4.08. The molecule has 34 heavy (non-hydrogen) atoms. The molecule has 0 radical (unpaired) electrons. The fourth-order valence-corrected chi connectivity index (χ4v) is 6.53. The molecule has 0 aliphatic carbocycles. The second kappa shape index (κ2) is 7.21. The first-order chi connectivity index (χ1) is 16.8. The summed E-state index contributed by atoms with van der Waals surface area (Å²) in [5, 5.41) is 11.1. The molecule has 7 aromatic rings. The highest BCUT2D eigenvalue weighted by Gasteiger charge is 2.18. The SMILES string of the molecule is C=C/C=C\c1sc2cc3c(cc2c1C)c1nccnc1c1c2ccccc2c2ccccc2c31. The van der Waals surface area contributed by atoms with Crippen LogP contribution < -0.4 is 0 Å². The van der Waals surface area contributed by atoms with Crippen molar-refractivity contribution in [3.8, 4) is 0 Å². The molecule has 5 aromatic carbocycles. The molecule has 0 aliphatic heterocycles. The summed E-state index contributed by atoms with van der Waals surface area (Å²) in [5.74, 6) is 0. The third-order valence-corrected chi connectivity index (χ3v) is 8.11. The third kappa shape index (κ3) is 2.56. The van der Waals surface area contributed by atoms with E-state index in [2.05, 4.69) is 80.2 Å². The summed E-state index contributed by atoms with van der Waals surface area (Å²) < 4.78 is 1.29. The number of rotatable bonds is 2. The lowest BCUT2D eigenvalue weighted by Crippen LogP contribution is -1.91. The molecule has 0 saturated heterocycles. The molecular weight excluding hydrogens is 432 g/mol. The Morgan fingerprint density at radius 3 is 2.06 bits per heavy atom. The van der Waals surface area contributed by atoms with Crippen molar-refractivity contribution in [3.63, 3.8) is 0 Å². The Labute approximate surface area is 200 Å². The Kier molecular flexibility index (Phi) is 4.11. The van der Waals surface area contributed by atoms with Crippen molar-refractivity contribution in [2.24, 2.45) is 0 Å². The second-order valence-corrected chi connectivity index (χ2v) is 9.76. The molecule has 0 aliphatic rings. The van der Waals surface area contributed by atoms with Crippen LogP contribution in [-0.2, 0) is 0 Å². The van der Waals surface area contributed by atoms with E-state index in [1.807, 2.05) is 29.7 Å². The molecule has 160 valence electrons. The number of fused-ring (bicyclic) bond motifs is 12. The Morgan fingerprint density at radius 2 is 1.35 bits per heavy atom. The van der Waals surface area contributed by atoms with Crippen LogP contribution in [0.3, 0.4) is 0 Å². The van der Waals surface area contributed by atoms with Gasteiger partial charge in [0.05, 0.1) is 11.0 Å². The lowest BCUT2D eigenvalue weighted by molar-refractivity contribution is 1.31. The van der Waals surface area contributed by atoms with Gasteiger partial charge in [-0.05, 0) is 63.0 Å². The number of aromatic nitrogens is 2. The minimum absolute atomic E-state index is 0.959. The Morgan fingerprint density at radius 1 is 0.706 bits per heavy atom. The van der Waals surface area contributed by atoms with Crippen molar-refractivity contribution in [1.82, 2.24) is 9.97 Å². The predicted molar refractivity (Wildman–Crippen MR) is 149 cm³/mol. The first-order valence-electron chi connectivity index (χ1n) is 11.4. The quantitative estimate of drug-likeness (QED) is 0.193. The average molecular weight is 453 g/mol. The number of aryl methyl sites for hydroxylation is 1. The largest absolute Gasteiger partial charge is 0.252 e. The van der Waals surface area contributed by atoms with Gasteiger partial charge < -0.3 is 0 Å². The fourth-order valence-electron chi connectivity index (χ4n) is 5.39. The highest BCUT2D eigenvalue weighted by molar-refractivity contribution is 7.20. The number of thiophene rings is 1. The van der Waals surface area contributed by atoms with Crippen molar-refractivity contribution in [3.05, 3.63) is 102 Å². The van der Waals surface area contributed by atoms with Crippen molar-refractivity contribution in [2.45, 2.75) is 6.92 Å². The predicted octanol–water partition coefficient (Wildman–Crippen LogP) is 8.96. The van der Waals surface area contributed by atoms with Crippen molar-refractivity contribution >= 4 is 81.6 Å². The Bertz CT molecular complexity index is 1990. The number of hydrogen-bond donors (Lipinski definition) is 0. The van der Waals surface area contributed by atoms with Crippen molar-refractivity contribution in [1.29, 1.82) is 0 Å². The molecule has 2 heterocycles. The molecule has 3 heteroatoms. The van der Waals surface area contributed by atoms with Gasteiger partial charge in [-0.3, -0.25) is 9.97 Å². The van der Waals surface area contributed by atoms with Crippen molar-refractivity contribution < 1.29 is 0 Å². The lowest BCUT2D eigenvalue weighted by atomic mass is 9.89. The normalized spacial score (nSPS) is 12.3. The van der Waals surface area contributed by atoms with Crippen LogP contribution in [0, 0.1) is 6.92 Å². The molecular formula is C31H20N2S. The standard InChI is InChI=1S/C31H20N2S/c1-3-4-13-26-18(2)23-16-25-24(17-27(23)34-26)28-21-11-7-5-9-19(21)20-10-6-8-12-22(20)29(28)31-30(25)32-14-15-33-31/h3-17H,1H2,2H3/b13-4-. The zero-order chi connectivity index (χ0) is 22.8. The van der Waals surface area contributed by atoms with Crippen LogP contribution in [-0.4, -0.2) is 9.97 Å². The van der Waals surface area contributed by atoms with Gasteiger partial charge in [-0.25, -0.2) is 0 Å². The van der Waals surface area contributed by atoms with E-state index in [4.69, 9.17) is 9.97 Å². The van der Waals surface area contributed by atoms with Crippen molar-refractivity contribution in [2.75, 3.05) is 0 Å². The van der Waals surface area contributed by atoms with E-state index < -0.39 is 0 Å². The smallest absolute Gasteiger partial charge is 0.0978 e. The molecule has 2 aromatic heterocycles. The summed E-state index contributed by atoms with van der Waals surface area (Å²) in [4.78, 5) is 11.0. The van der Waals surface area contributed by atoms with E-state index in [1.54, 1.807) is 6.20 Å². The summed E-state index contributed by atoms with van der Waals surface area (Å²) in [6.07, 6.45) is 9.60. The first kappa shape index (κ1) is 19.4. The molecule has 0 bridgehead atoms.